The fourth-order valence-corrected chi connectivity index (χ4v) is 10.6. The Morgan fingerprint density at radius 2 is 0.965 bits per heavy atom. The molecule has 0 bridgehead atoms. The van der Waals surface area contributed by atoms with Crippen LogP contribution in [-0.2, 0) is 57.6 Å². The number of amides is 8. The second kappa shape index (κ2) is 32.0. The van der Waals surface area contributed by atoms with Crippen LogP contribution in [0.2, 0.25) is 0 Å². The van der Waals surface area contributed by atoms with Crippen LogP contribution in [0.1, 0.15) is 66.3 Å². The number of carbonyl (C=O) groups is 8. The molecule has 0 spiro atoms. The molecular weight excluding hydrogens is 1130 g/mol. The van der Waals surface area contributed by atoms with Gasteiger partial charge in [0.1, 0.15) is 48.0 Å². The normalized spacial score (nSPS) is 14.1. The molecule has 0 radical (unpaired) electrons. The predicted octanol–water partition coefficient (Wildman–Crippen LogP) is 3.49. The van der Waals surface area contributed by atoms with E-state index in [1.807, 2.05) is 127 Å². The van der Waals surface area contributed by atoms with Gasteiger partial charge < -0.3 is 64.5 Å². The van der Waals surface area contributed by atoms with Crippen molar-refractivity contribution in [2.24, 2.45) is 17.2 Å². The summed E-state index contributed by atoms with van der Waals surface area (Å²) < 4.78 is 0. The number of hydrogen-bond acceptors (Lipinski definition) is 13. The number of nitrogens with one attached hydrogen (secondary N) is 8. The molecule has 0 saturated carbocycles. The number of fused-ring (bicyclic) bond motifs is 2. The van der Waals surface area contributed by atoms with E-state index < -0.39 is 102 Å². The van der Waals surface area contributed by atoms with Gasteiger partial charge in [0, 0.05) is 53.8 Å². The molecule has 0 fully saturated rings. The van der Waals surface area contributed by atoms with Gasteiger partial charge in [-0.15, -0.1) is 0 Å². The fraction of sp³-hybridized carbons (Fsp3) is 0.312. The molecule has 20 nitrogen and oxygen atoms in total. The lowest BCUT2D eigenvalue weighted by Crippen LogP contribution is -2.61. The van der Waals surface area contributed by atoms with Crippen molar-refractivity contribution in [3.05, 3.63) is 186 Å². The van der Waals surface area contributed by atoms with Crippen LogP contribution in [0, 0.1) is 0 Å². The van der Waals surface area contributed by atoms with E-state index in [1.165, 1.54) is 12.1 Å². The number of benzene rings is 6. The van der Waals surface area contributed by atoms with Crippen molar-refractivity contribution in [3.8, 4) is 5.75 Å². The highest BCUT2D eigenvalue weighted by Crippen LogP contribution is 2.28. The highest BCUT2D eigenvalue weighted by molar-refractivity contribution is 7.80. The van der Waals surface area contributed by atoms with Crippen LogP contribution in [0.3, 0.4) is 0 Å². The average molecular weight is 1210 g/mol. The van der Waals surface area contributed by atoms with Gasteiger partial charge in [0.05, 0.1) is 6.04 Å². The summed E-state index contributed by atoms with van der Waals surface area (Å²) in [5.41, 5.74) is 22.6. The van der Waals surface area contributed by atoms with Crippen LogP contribution in [-0.4, -0.2) is 124 Å². The Morgan fingerprint density at radius 3 is 1.56 bits per heavy atom. The van der Waals surface area contributed by atoms with Gasteiger partial charge in [0.25, 0.3) is 0 Å². The van der Waals surface area contributed by atoms with Gasteiger partial charge >= 0.3 is 0 Å². The Labute approximate surface area is 510 Å². The second-order valence-electron chi connectivity index (χ2n) is 21.0. The zero-order valence-electron chi connectivity index (χ0n) is 47.6. The lowest BCUT2D eigenvalue weighted by Gasteiger charge is -2.28. The van der Waals surface area contributed by atoms with Gasteiger partial charge in [0.15, 0.2) is 0 Å². The molecule has 1 heterocycles. The third-order valence-corrected chi connectivity index (χ3v) is 15.6. The van der Waals surface area contributed by atoms with Crippen LogP contribution < -0.4 is 54.4 Å². The first-order chi connectivity index (χ1) is 41.5. The number of unbranched alkanes of at least 4 members (excludes halogenated alkanes) is 1. The summed E-state index contributed by atoms with van der Waals surface area (Å²) in [5.74, 6) is -7.18. The van der Waals surface area contributed by atoms with Crippen molar-refractivity contribution >= 4 is 94.2 Å². The van der Waals surface area contributed by atoms with Crippen molar-refractivity contribution < 1.29 is 43.5 Å². The van der Waals surface area contributed by atoms with Gasteiger partial charge in [-0.3, -0.25) is 38.4 Å². The van der Waals surface area contributed by atoms with Crippen molar-refractivity contribution in [1.82, 2.24) is 42.2 Å². The van der Waals surface area contributed by atoms with E-state index in [1.54, 1.807) is 25.3 Å². The molecule has 0 aliphatic carbocycles. The summed E-state index contributed by atoms with van der Waals surface area (Å²) in [6.45, 7) is 1.93. The van der Waals surface area contributed by atoms with E-state index in [9.17, 15) is 43.5 Å². The lowest BCUT2D eigenvalue weighted by molar-refractivity contribution is -0.135. The summed E-state index contributed by atoms with van der Waals surface area (Å²) in [6, 6.07) is 35.0. The summed E-state index contributed by atoms with van der Waals surface area (Å²) >= 11 is 8.81. The zero-order chi connectivity index (χ0) is 61.7. The molecule has 1 aromatic heterocycles. The standard InChI is InChI=1S/C64H75N11O9S2/c1-2-47(58(78)71-50(57(67)77)33-39-24-27-40-15-9-10-20-43(40)31-39)69-62(82)53(36-85)74-59(79)49(23-13-14-30-65)70-61(81)52(34-44-35-68-48-22-12-11-21-46(44)48)72-63(83)54(37-86)75-60(80)51(32-38-25-28-45(76)29-26-38)73-64(84)56(66)55(41-16-5-3-6-17-41)42-18-7-4-8-19-42/h3-12,15-22,24-29,31,35,47,49-56,68,76,85-86H,2,13-14,23,30,32-34,36-37,65-66H2,1H3,(H2,67,77)(H,69,82)(H,70,81)(H,71,78)(H,72,83)(H,73,84)(H,74,79)(H,75,80)/t47-,49-,50-,51-,52+,53+,54+,56-/m0/s1. The van der Waals surface area contributed by atoms with E-state index in [0.717, 1.165) is 38.4 Å². The topological polar surface area (TPSA) is 335 Å². The summed E-state index contributed by atoms with van der Waals surface area (Å²) in [4.78, 5) is 116. The lowest BCUT2D eigenvalue weighted by atomic mass is 9.85. The highest BCUT2D eigenvalue weighted by Gasteiger charge is 2.36. The Balaban J connectivity index is 1.07. The number of carbonyl (C=O) groups excluding carboxylic acids is 8. The molecule has 15 N–H and O–H groups in total. The second-order valence-corrected chi connectivity index (χ2v) is 21.8. The minimum atomic E-state index is -1.39. The molecule has 7 rings (SSSR count). The molecule has 0 aliphatic rings. The third kappa shape index (κ3) is 17.9. The molecule has 0 unspecified atom stereocenters. The third-order valence-electron chi connectivity index (χ3n) is 14.9. The van der Waals surface area contributed by atoms with E-state index in [0.29, 0.717) is 24.0 Å². The van der Waals surface area contributed by atoms with Gasteiger partial charge in [-0.05, 0) is 89.0 Å². The summed E-state index contributed by atoms with van der Waals surface area (Å²) in [5, 5.41) is 31.8. The van der Waals surface area contributed by atoms with Crippen molar-refractivity contribution in [2.45, 2.75) is 106 Å². The van der Waals surface area contributed by atoms with Crippen LogP contribution in [0.5, 0.6) is 5.75 Å². The molecule has 7 aromatic rings. The van der Waals surface area contributed by atoms with E-state index in [-0.39, 0.29) is 55.9 Å². The van der Waals surface area contributed by atoms with Gasteiger partial charge in [-0.1, -0.05) is 140 Å². The van der Waals surface area contributed by atoms with Gasteiger partial charge in [-0.25, -0.2) is 0 Å². The number of aromatic hydroxyl groups is 1. The molecule has 8 atom stereocenters. The van der Waals surface area contributed by atoms with Crippen LogP contribution in [0.15, 0.2) is 158 Å². The summed E-state index contributed by atoms with van der Waals surface area (Å²) in [6.07, 6.45) is 2.59. The zero-order valence-corrected chi connectivity index (χ0v) is 49.4. The number of H-pyrrole nitrogens is 1. The first-order valence-electron chi connectivity index (χ1n) is 28.5. The minimum absolute atomic E-state index is 0.0185. The van der Waals surface area contributed by atoms with Crippen LogP contribution >= 0.6 is 25.3 Å². The first kappa shape index (κ1) is 64.9. The average Bonchev–Trinajstić information content (AvgIpc) is 4.14. The van der Waals surface area contributed by atoms with Gasteiger partial charge in [-0.2, -0.15) is 25.3 Å². The Bertz CT molecular complexity index is 3410. The van der Waals surface area contributed by atoms with E-state index in [4.69, 9.17) is 17.2 Å². The predicted molar refractivity (Wildman–Crippen MR) is 338 cm³/mol. The SMILES string of the molecule is CC[C@H](NC(=O)[C@@H](CS)NC(=O)[C@H](CCCCN)NC(=O)[C@@H](Cc1c[nH]c2ccccc12)NC(=O)[C@@H](CS)NC(=O)[C@H](Cc1ccc(O)cc1)NC(=O)[C@@H](N)C(c1ccccc1)c1ccccc1)C(=O)N[C@@H](Cc1ccc2ccccc2c1)C(N)=O. The molecule has 6 aromatic carbocycles. The fourth-order valence-electron chi connectivity index (χ4n) is 10.1. The maximum absolute atomic E-state index is 14.8. The Morgan fingerprint density at radius 1 is 0.500 bits per heavy atom. The summed E-state index contributed by atoms with van der Waals surface area (Å²) in [7, 11) is 0. The monoisotopic (exact) mass is 1210 g/mol. The van der Waals surface area contributed by atoms with Crippen LogP contribution in [0.4, 0.5) is 0 Å². The molecule has 22 heteroatoms. The highest BCUT2D eigenvalue weighted by atomic mass is 32.1. The number of thiol groups is 2. The Hall–Kier alpha value is -8.70. The number of phenolic OH excluding ortho intramolecular Hbond substituents is 1. The number of aromatic amines is 1. The quantitative estimate of drug-likeness (QED) is 0.0220. The van der Waals surface area contributed by atoms with Crippen molar-refractivity contribution in [2.75, 3.05) is 18.1 Å². The maximum Gasteiger partial charge on any atom is 0.244 e. The van der Waals surface area contributed by atoms with Crippen molar-refractivity contribution in [3.63, 3.8) is 0 Å². The molecule has 86 heavy (non-hydrogen) atoms. The molecular formula is C64H75N11O9S2. The molecule has 0 saturated heterocycles. The van der Waals surface area contributed by atoms with E-state index in [2.05, 4.69) is 67.5 Å². The largest absolute Gasteiger partial charge is 0.508 e. The molecule has 0 aliphatic heterocycles. The molecule has 452 valence electrons. The van der Waals surface area contributed by atoms with Gasteiger partial charge in [0.2, 0.25) is 47.3 Å². The maximum atomic E-state index is 14.8. The first-order valence-corrected chi connectivity index (χ1v) is 29.8. The smallest absolute Gasteiger partial charge is 0.244 e. The van der Waals surface area contributed by atoms with E-state index >= 15 is 0 Å². The number of aromatic nitrogens is 1. The van der Waals surface area contributed by atoms with Crippen molar-refractivity contribution in [1.29, 1.82) is 0 Å². The number of hydrogen-bond donors (Lipinski definition) is 14. The van der Waals surface area contributed by atoms with Crippen LogP contribution in [0.25, 0.3) is 21.7 Å². The molecule has 8 amide bonds. The minimum Gasteiger partial charge on any atom is -0.508 e. The number of primary amides is 1. The Kier molecular flexibility index (Phi) is 24.1. The number of para-hydroxylation sites is 1. The number of nitrogens with two attached hydrogens (primary N) is 3. The number of phenols is 1. The number of rotatable bonds is 31.